The van der Waals surface area contributed by atoms with Crippen LogP contribution in [0.3, 0.4) is 0 Å². The molecule has 0 spiro atoms. The van der Waals surface area contributed by atoms with E-state index in [1.165, 1.54) is 4.31 Å². The molecular weight excluding hydrogens is 290 g/mol. The van der Waals surface area contributed by atoms with Crippen molar-refractivity contribution in [2.45, 2.75) is 6.42 Å². The van der Waals surface area contributed by atoms with Gasteiger partial charge >= 0.3 is 0 Å². The van der Waals surface area contributed by atoms with E-state index in [1.807, 2.05) is 30.3 Å². The van der Waals surface area contributed by atoms with Crippen molar-refractivity contribution in [3.05, 3.63) is 35.9 Å². The van der Waals surface area contributed by atoms with E-state index in [0.717, 1.165) is 11.8 Å². The van der Waals surface area contributed by atoms with Gasteiger partial charge in [-0.25, -0.2) is 4.21 Å². The second kappa shape index (κ2) is 7.71. The topological polar surface area (TPSA) is 83.9 Å². The minimum Gasteiger partial charge on any atom is -0.294 e. The summed E-state index contributed by atoms with van der Waals surface area (Å²) in [5.74, 6) is 0. The predicted octanol–water partition coefficient (Wildman–Crippen LogP) is 0.644. The summed E-state index contributed by atoms with van der Waals surface area (Å²) < 4.78 is 47.6. The fourth-order valence-corrected chi connectivity index (χ4v) is 2.31. The second-order valence-electron chi connectivity index (χ2n) is 3.92. The summed E-state index contributed by atoms with van der Waals surface area (Å²) in [4.78, 5) is 0. The maximum absolute atomic E-state index is 11.1. The van der Waals surface area contributed by atoms with Gasteiger partial charge in [0.25, 0.3) is 10.1 Å². The zero-order valence-corrected chi connectivity index (χ0v) is 12.2. The Morgan fingerprint density at radius 3 is 2.42 bits per heavy atom. The Morgan fingerprint density at radius 1 is 1.26 bits per heavy atom. The normalized spacial score (nSPS) is 13.6. The number of hydrogen-bond acceptors (Lipinski definition) is 4. The van der Waals surface area contributed by atoms with Gasteiger partial charge in [-0.1, -0.05) is 30.3 Å². The molecule has 0 saturated heterocycles. The van der Waals surface area contributed by atoms with Crippen molar-refractivity contribution in [1.29, 1.82) is 0 Å². The van der Waals surface area contributed by atoms with Crippen molar-refractivity contribution in [3.8, 4) is 0 Å². The molecular formula is C11H17NO5S2. The van der Waals surface area contributed by atoms with E-state index in [-0.39, 0.29) is 13.2 Å². The zero-order chi connectivity index (χ0) is 14.3. The lowest BCUT2D eigenvalue weighted by molar-refractivity contribution is 0.276. The van der Waals surface area contributed by atoms with Gasteiger partial charge < -0.3 is 0 Å². The lowest BCUT2D eigenvalue weighted by Crippen LogP contribution is -2.31. The van der Waals surface area contributed by atoms with Gasteiger partial charge in [-0.3, -0.25) is 8.74 Å². The average Bonchev–Trinajstić information content (AvgIpc) is 2.33. The Hall–Kier alpha value is -0.800. The highest BCUT2D eigenvalue weighted by atomic mass is 32.2. The van der Waals surface area contributed by atoms with E-state index >= 15 is 0 Å². The van der Waals surface area contributed by atoms with E-state index in [1.54, 1.807) is 0 Å². The molecule has 108 valence electrons. The predicted molar refractivity (Wildman–Crippen MR) is 73.3 cm³/mol. The van der Waals surface area contributed by atoms with Gasteiger partial charge in [0.05, 0.1) is 12.9 Å². The Kier molecular flexibility index (Phi) is 6.59. The lowest BCUT2D eigenvalue weighted by Gasteiger charge is -2.17. The third-order valence-electron chi connectivity index (χ3n) is 2.35. The fourth-order valence-electron chi connectivity index (χ4n) is 1.46. The first kappa shape index (κ1) is 16.3. The number of nitrogens with zero attached hydrogens (tertiary/aromatic N) is 1. The molecule has 0 aliphatic heterocycles. The minimum absolute atomic E-state index is 0.0724. The fraction of sp³-hybridized carbons (Fsp3) is 0.455. The van der Waals surface area contributed by atoms with Gasteiger partial charge in [-0.15, -0.1) is 0 Å². The van der Waals surface area contributed by atoms with Crippen LogP contribution in [0.2, 0.25) is 0 Å². The van der Waals surface area contributed by atoms with Crippen LogP contribution in [0.5, 0.6) is 0 Å². The molecule has 1 rings (SSSR count). The number of benzene rings is 1. The monoisotopic (exact) mass is 307 g/mol. The molecule has 0 radical (unpaired) electrons. The van der Waals surface area contributed by atoms with E-state index in [4.69, 9.17) is 4.55 Å². The summed E-state index contributed by atoms with van der Waals surface area (Å²) in [6.07, 6.45) is 1.54. The minimum atomic E-state index is -3.52. The molecule has 0 heterocycles. The Morgan fingerprint density at radius 2 is 1.89 bits per heavy atom. The van der Waals surface area contributed by atoms with Crippen LogP contribution in [-0.2, 0) is 32.0 Å². The zero-order valence-electron chi connectivity index (χ0n) is 10.6. The first-order chi connectivity index (χ1) is 8.88. The van der Waals surface area contributed by atoms with Crippen LogP contribution in [0, 0.1) is 0 Å². The molecule has 0 aliphatic carbocycles. The molecule has 1 N–H and O–H groups in total. The van der Waals surface area contributed by atoms with Crippen molar-refractivity contribution < 1.29 is 21.4 Å². The summed E-state index contributed by atoms with van der Waals surface area (Å²) in [6.45, 7) is 0.281. The van der Waals surface area contributed by atoms with Crippen LogP contribution >= 0.6 is 0 Å². The van der Waals surface area contributed by atoms with Gasteiger partial charge in [0.15, 0.2) is 0 Å². The summed E-state index contributed by atoms with van der Waals surface area (Å²) in [6, 6.07) is 9.52. The molecule has 1 atom stereocenters. The van der Waals surface area contributed by atoms with Gasteiger partial charge in [-0.05, 0) is 12.0 Å². The SMILES string of the molecule is CS(=O)(=O)OCCN(CCc1ccccc1)S(=O)O. The molecule has 0 aliphatic rings. The van der Waals surface area contributed by atoms with Gasteiger partial charge in [0.1, 0.15) is 0 Å². The van der Waals surface area contributed by atoms with Crippen LogP contribution in [-0.4, -0.2) is 47.4 Å². The highest BCUT2D eigenvalue weighted by Crippen LogP contribution is 2.03. The van der Waals surface area contributed by atoms with Crippen LogP contribution in [0.15, 0.2) is 30.3 Å². The number of rotatable bonds is 8. The smallest absolute Gasteiger partial charge is 0.264 e. The van der Waals surface area contributed by atoms with Crippen LogP contribution in [0.4, 0.5) is 0 Å². The van der Waals surface area contributed by atoms with Crippen molar-refractivity contribution >= 4 is 21.4 Å². The first-order valence-electron chi connectivity index (χ1n) is 5.63. The largest absolute Gasteiger partial charge is 0.294 e. The lowest BCUT2D eigenvalue weighted by atomic mass is 10.1. The number of hydrogen-bond donors (Lipinski definition) is 1. The van der Waals surface area contributed by atoms with Gasteiger partial charge in [-0.2, -0.15) is 12.7 Å². The van der Waals surface area contributed by atoms with Crippen molar-refractivity contribution in [1.82, 2.24) is 4.31 Å². The Balaban J connectivity index is 2.43. The molecule has 1 aromatic rings. The molecule has 0 bridgehead atoms. The molecule has 6 nitrogen and oxygen atoms in total. The van der Waals surface area contributed by atoms with Crippen LogP contribution < -0.4 is 0 Å². The van der Waals surface area contributed by atoms with Crippen LogP contribution in [0.1, 0.15) is 5.56 Å². The first-order valence-corrected chi connectivity index (χ1v) is 8.51. The molecule has 0 amide bonds. The van der Waals surface area contributed by atoms with E-state index in [9.17, 15) is 12.6 Å². The molecule has 8 heteroatoms. The molecule has 0 aromatic heterocycles. The third-order valence-corrected chi connectivity index (χ3v) is 3.75. The van der Waals surface area contributed by atoms with Crippen LogP contribution in [0.25, 0.3) is 0 Å². The van der Waals surface area contributed by atoms with E-state index < -0.39 is 21.4 Å². The second-order valence-corrected chi connectivity index (χ2v) is 6.54. The Bertz CT molecular complexity index is 503. The summed E-state index contributed by atoms with van der Waals surface area (Å²) in [5, 5.41) is 0. The Labute approximate surface area is 115 Å². The summed E-state index contributed by atoms with van der Waals surface area (Å²) in [5.41, 5.74) is 1.04. The quantitative estimate of drug-likeness (QED) is 0.563. The van der Waals surface area contributed by atoms with Crippen molar-refractivity contribution in [2.24, 2.45) is 0 Å². The van der Waals surface area contributed by atoms with Gasteiger partial charge in [0, 0.05) is 13.1 Å². The highest BCUT2D eigenvalue weighted by Gasteiger charge is 2.12. The summed E-state index contributed by atoms with van der Waals surface area (Å²) >= 11 is -2.15. The molecule has 1 unspecified atom stereocenters. The maximum atomic E-state index is 11.1. The van der Waals surface area contributed by atoms with Crippen molar-refractivity contribution in [3.63, 3.8) is 0 Å². The molecule has 0 fully saturated rings. The van der Waals surface area contributed by atoms with Crippen molar-refractivity contribution in [2.75, 3.05) is 26.0 Å². The highest BCUT2D eigenvalue weighted by molar-refractivity contribution is 7.86. The molecule has 0 saturated carbocycles. The molecule has 19 heavy (non-hydrogen) atoms. The molecule has 1 aromatic carbocycles. The summed E-state index contributed by atoms with van der Waals surface area (Å²) in [7, 11) is -3.52. The third kappa shape index (κ3) is 7.38. The maximum Gasteiger partial charge on any atom is 0.264 e. The van der Waals surface area contributed by atoms with E-state index in [2.05, 4.69) is 4.18 Å². The average molecular weight is 307 g/mol. The van der Waals surface area contributed by atoms with Gasteiger partial charge in [0.2, 0.25) is 11.3 Å². The standard InChI is InChI=1S/C11H17NO5S2/c1-19(15,16)17-10-9-12(18(13)14)8-7-11-5-3-2-4-6-11/h2-6H,7-10H2,1H3,(H,13,14). The van der Waals surface area contributed by atoms with E-state index in [0.29, 0.717) is 13.0 Å².